The molecule has 6 nitrogen and oxygen atoms in total. The predicted octanol–water partition coefficient (Wildman–Crippen LogP) is 4.38. The Bertz CT molecular complexity index is 902. The lowest BCUT2D eigenvalue weighted by Crippen LogP contribution is -2.12. The van der Waals surface area contributed by atoms with Gasteiger partial charge in [-0.05, 0) is 17.7 Å². The molecular formula is C20H17ClN2O4. The number of primary amides is 1. The van der Waals surface area contributed by atoms with Crippen molar-refractivity contribution < 1.29 is 19.4 Å². The Kier molecular flexibility index (Phi) is 7.34. The third-order valence-corrected chi connectivity index (χ3v) is 3.52. The quantitative estimate of drug-likeness (QED) is 0.694. The normalized spacial score (nSPS) is 9.67. The van der Waals surface area contributed by atoms with E-state index < -0.39 is 12.1 Å². The maximum absolute atomic E-state index is 10.8. The van der Waals surface area contributed by atoms with E-state index >= 15 is 0 Å². The van der Waals surface area contributed by atoms with Gasteiger partial charge in [-0.25, -0.2) is 14.6 Å². The molecule has 0 saturated carbocycles. The molecule has 1 amide bonds. The molecule has 0 atom stereocenters. The molecule has 27 heavy (non-hydrogen) atoms. The number of nitrogens with two attached hydrogens (primary N) is 1. The fourth-order valence-electron chi connectivity index (χ4n) is 2.09. The van der Waals surface area contributed by atoms with Crippen molar-refractivity contribution in [3.63, 3.8) is 0 Å². The molecule has 138 valence electrons. The first-order valence-electron chi connectivity index (χ1n) is 7.88. The van der Waals surface area contributed by atoms with Crippen LogP contribution < -0.4 is 5.73 Å². The first-order valence-corrected chi connectivity index (χ1v) is 8.26. The number of ether oxygens (including phenoxy) is 1. The van der Waals surface area contributed by atoms with Gasteiger partial charge < -0.3 is 15.6 Å². The molecule has 0 bridgehead atoms. The summed E-state index contributed by atoms with van der Waals surface area (Å²) < 4.78 is 4.57. The van der Waals surface area contributed by atoms with Crippen LogP contribution in [0.4, 0.5) is 4.79 Å². The standard InChI is InChI=1S/C12H8ClNO2.C8H9NO2/c13-9-6-10(8-4-2-1-3-5-8)14-11(7-9)12(15)16;9-8(10)11-6-7-4-2-1-3-5-7/h1-7H,(H,15,16);1-5H,6H2,(H2,9,10). The number of aromatic carboxylic acids is 1. The molecular weight excluding hydrogens is 368 g/mol. The van der Waals surface area contributed by atoms with Crippen LogP contribution in [-0.2, 0) is 11.3 Å². The van der Waals surface area contributed by atoms with E-state index in [0.29, 0.717) is 10.7 Å². The lowest BCUT2D eigenvalue weighted by atomic mass is 10.1. The van der Waals surface area contributed by atoms with Crippen LogP contribution in [0, 0.1) is 0 Å². The molecule has 0 radical (unpaired) electrons. The minimum absolute atomic E-state index is 0.0497. The second kappa shape index (κ2) is 9.94. The zero-order valence-corrected chi connectivity index (χ0v) is 15.0. The number of pyridine rings is 1. The van der Waals surface area contributed by atoms with Gasteiger partial charge in [-0.15, -0.1) is 0 Å². The number of carbonyl (C=O) groups is 2. The number of rotatable bonds is 4. The van der Waals surface area contributed by atoms with Gasteiger partial charge in [0.1, 0.15) is 12.3 Å². The first kappa shape index (κ1) is 19.9. The fraction of sp³-hybridized carbons (Fsp3) is 0.0500. The van der Waals surface area contributed by atoms with E-state index in [4.69, 9.17) is 22.4 Å². The minimum Gasteiger partial charge on any atom is -0.477 e. The number of nitrogens with zero attached hydrogens (tertiary/aromatic N) is 1. The number of benzene rings is 2. The lowest BCUT2D eigenvalue weighted by Gasteiger charge is -2.03. The third kappa shape index (κ3) is 6.80. The highest BCUT2D eigenvalue weighted by Crippen LogP contribution is 2.21. The predicted molar refractivity (Wildman–Crippen MR) is 102 cm³/mol. The molecule has 1 heterocycles. The highest BCUT2D eigenvalue weighted by atomic mass is 35.5. The summed E-state index contributed by atoms with van der Waals surface area (Å²) in [7, 11) is 0. The Labute approximate surface area is 161 Å². The van der Waals surface area contributed by atoms with Crippen molar-refractivity contribution in [2.75, 3.05) is 0 Å². The lowest BCUT2D eigenvalue weighted by molar-refractivity contribution is 0.0690. The van der Waals surface area contributed by atoms with Crippen molar-refractivity contribution in [2.45, 2.75) is 6.61 Å². The molecule has 3 aromatic rings. The fourth-order valence-corrected chi connectivity index (χ4v) is 2.30. The second-order valence-corrected chi connectivity index (χ2v) is 5.76. The summed E-state index contributed by atoms with van der Waals surface area (Å²) in [6, 6.07) is 21.6. The molecule has 0 fully saturated rings. The SMILES string of the molecule is NC(=O)OCc1ccccc1.O=C(O)c1cc(Cl)cc(-c2ccccc2)n1. The largest absolute Gasteiger partial charge is 0.477 e. The molecule has 0 unspecified atom stereocenters. The van der Waals surface area contributed by atoms with Gasteiger partial charge in [-0.2, -0.15) is 0 Å². The minimum atomic E-state index is -1.08. The van der Waals surface area contributed by atoms with Crippen LogP contribution in [0.2, 0.25) is 5.02 Å². The van der Waals surface area contributed by atoms with E-state index in [1.807, 2.05) is 60.7 Å². The van der Waals surface area contributed by atoms with Gasteiger partial charge in [0.25, 0.3) is 0 Å². The van der Waals surface area contributed by atoms with Crippen molar-refractivity contribution in [2.24, 2.45) is 5.73 Å². The van der Waals surface area contributed by atoms with Gasteiger partial charge in [0.15, 0.2) is 0 Å². The third-order valence-electron chi connectivity index (χ3n) is 3.30. The summed E-state index contributed by atoms with van der Waals surface area (Å²) in [5.74, 6) is -1.08. The molecule has 0 aliphatic carbocycles. The Morgan fingerprint density at radius 1 is 1.00 bits per heavy atom. The topological polar surface area (TPSA) is 103 Å². The summed E-state index contributed by atoms with van der Waals surface area (Å²) >= 11 is 5.84. The number of hydrogen-bond acceptors (Lipinski definition) is 4. The highest BCUT2D eigenvalue weighted by molar-refractivity contribution is 6.31. The maximum Gasteiger partial charge on any atom is 0.404 e. The number of carboxylic acids is 1. The average molecular weight is 385 g/mol. The number of carboxylic acid groups (broad SMARTS) is 1. The number of carbonyl (C=O) groups excluding carboxylic acids is 1. The zero-order valence-electron chi connectivity index (χ0n) is 14.2. The summed E-state index contributed by atoms with van der Waals surface area (Å²) in [6.07, 6.45) is -0.742. The zero-order chi connectivity index (χ0) is 19.6. The van der Waals surface area contributed by atoms with Gasteiger partial charge in [-0.3, -0.25) is 0 Å². The van der Waals surface area contributed by atoms with Crippen molar-refractivity contribution in [3.05, 3.63) is 89.1 Å². The van der Waals surface area contributed by atoms with Crippen LogP contribution in [0.1, 0.15) is 16.1 Å². The van der Waals surface area contributed by atoms with E-state index in [0.717, 1.165) is 11.1 Å². The van der Waals surface area contributed by atoms with E-state index in [2.05, 4.69) is 9.72 Å². The second-order valence-electron chi connectivity index (χ2n) is 5.32. The van der Waals surface area contributed by atoms with Crippen molar-refractivity contribution >= 4 is 23.7 Å². The van der Waals surface area contributed by atoms with Gasteiger partial charge in [0, 0.05) is 10.6 Å². The molecule has 3 N–H and O–H groups in total. The molecule has 1 aromatic heterocycles. The van der Waals surface area contributed by atoms with Crippen LogP contribution in [0.15, 0.2) is 72.8 Å². The average Bonchev–Trinajstić information content (AvgIpc) is 2.68. The summed E-state index contributed by atoms with van der Waals surface area (Å²) in [5, 5.41) is 9.23. The Morgan fingerprint density at radius 3 is 2.15 bits per heavy atom. The van der Waals surface area contributed by atoms with E-state index in [1.165, 1.54) is 6.07 Å². The molecule has 7 heteroatoms. The molecule has 0 spiro atoms. The summed E-state index contributed by atoms with van der Waals surface area (Å²) in [5.41, 5.74) is 7.07. The highest BCUT2D eigenvalue weighted by Gasteiger charge is 2.09. The smallest absolute Gasteiger partial charge is 0.404 e. The van der Waals surface area contributed by atoms with Crippen LogP contribution >= 0.6 is 11.6 Å². The summed E-state index contributed by atoms with van der Waals surface area (Å²) in [6.45, 7) is 0.246. The van der Waals surface area contributed by atoms with Gasteiger partial charge in [-0.1, -0.05) is 72.3 Å². The van der Waals surface area contributed by atoms with Crippen molar-refractivity contribution in [1.82, 2.24) is 4.98 Å². The number of amides is 1. The first-order chi connectivity index (χ1) is 13.0. The Balaban J connectivity index is 0.000000208. The number of hydrogen-bond donors (Lipinski definition) is 2. The maximum atomic E-state index is 10.8. The molecule has 2 aromatic carbocycles. The van der Waals surface area contributed by atoms with Crippen molar-refractivity contribution in [3.8, 4) is 11.3 Å². The Hall–Kier alpha value is -3.38. The van der Waals surface area contributed by atoms with E-state index in [9.17, 15) is 9.59 Å². The number of aromatic nitrogens is 1. The Morgan fingerprint density at radius 2 is 1.59 bits per heavy atom. The van der Waals surface area contributed by atoms with Crippen LogP contribution in [-0.4, -0.2) is 22.2 Å². The van der Waals surface area contributed by atoms with Crippen LogP contribution in [0.5, 0.6) is 0 Å². The molecule has 0 aliphatic heterocycles. The van der Waals surface area contributed by atoms with E-state index in [1.54, 1.807) is 6.07 Å². The number of halogens is 1. The molecule has 3 rings (SSSR count). The van der Waals surface area contributed by atoms with Gasteiger partial charge >= 0.3 is 12.1 Å². The van der Waals surface area contributed by atoms with E-state index in [-0.39, 0.29) is 12.3 Å². The van der Waals surface area contributed by atoms with Crippen LogP contribution in [0.25, 0.3) is 11.3 Å². The van der Waals surface area contributed by atoms with Crippen LogP contribution in [0.3, 0.4) is 0 Å². The van der Waals surface area contributed by atoms with Crippen molar-refractivity contribution in [1.29, 1.82) is 0 Å². The monoisotopic (exact) mass is 384 g/mol. The molecule has 0 aliphatic rings. The molecule has 0 saturated heterocycles. The van der Waals surface area contributed by atoms with Gasteiger partial charge in [0.05, 0.1) is 5.69 Å². The summed E-state index contributed by atoms with van der Waals surface area (Å²) in [4.78, 5) is 25.0. The van der Waals surface area contributed by atoms with Gasteiger partial charge in [0.2, 0.25) is 0 Å².